The van der Waals surface area contributed by atoms with Gasteiger partial charge in [0, 0.05) is 11.6 Å². The molecule has 146 valence electrons. The highest BCUT2D eigenvalue weighted by Crippen LogP contribution is 2.34. The van der Waals surface area contributed by atoms with Crippen LogP contribution >= 0.6 is 11.6 Å². The fraction of sp³-hybridized carbons (Fsp3) is 0.688. The van der Waals surface area contributed by atoms with Gasteiger partial charge in [-0.3, -0.25) is 0 Å². The number of allylic oxidation sites excluding steroid dienone is 1. The molecule has 1 aromatic heterocycles. The van der Waals surface area contributed by atoms with E-state index in [-0.39, 0.29) is 35.2 Å². The van der Waals surface area contributed by atoms with Crippen LogP contribution in [-0.2, 0) is 0 Å². The summed E-state index contributed by atoms with van der Waals surface area (Å²) < 4.78 is 39.2. The third kappa shape index (κ3) is 5.20. The number of halogens is 4. The van der Waals surface area contributed by atoms with Crippen LogP contribution in [0.3, 0.4) is 0 Å². The summed E-state index contributed by atoms with van der Waals surface area (Å²) in [5.74, 6) is 0.146. The second-order valence-corrected chi connectivity index (χ2v) is 6.89. The Bertz CT molecular complexity index is 666. The minimum atomic E-state index is -4.43. The molecule has 10 heteroatoms. The number of nitrogens with one attached hydrogen (secondary N) is 2. The summed E-state index contributed by atoms with van der Waals surface area (Å²) in [7, 11) is 0. The highest BCUT2D eigenvalue weighted by atomic mass is 35.5. The van der Waals surface area contributed by atoms with E-state index in [4.69, 9.17) is 11.6 Å². The lowest BCUT2D eigenvalue weighted by Gasteiger charge is -2.23. The molecule has 0 bridgehead atoms. The third-order valence-electron chi connectivity index (χ3n) is 3.91. The van der Waals surface area contributed by atoms with Crippen molar-refractivity contribution in [1.29, 1.82) is 0 Å². The third-order valence-corrected chi connectivity index (χ3v) is 4.40. The molecule has 2 rings (SSSR count). The van der Waals surface area contributed by atoms with Gasteiger partial charge in [-0.25, -0.2) is 0 Å². The van der Waals surface area contributed by atoms with E-state index in [1.807, 2.05) is 13.8 Å². The molecule has 0 radical (unpaired) electrons. The van der Waals surface area contributed by atoms with Crippen LogP contribution in [0.1, 0.15) is 52.3 Å². The Morgan fingerprint density at radius 2 is 1.81 bits per heavy atom. The van der Waals surface area contributed by atoms with Crippen LogP contribution in [0, 0.1) is 0 Å². The number of aliphatic hydroxyl groups excluding tert-OH is 1. The zero-order chi connectivity index (χ0) is 19.5. The van der Waals surface area contributed by atoms with Gasteiger partial charge in [-0.1, -0.05) is 18.5 Å². The topological polar surface area (TPSA) is 83.0 Å². The van der Waals surface area contributed by atoms with Crippen molar-refractivity contribution in [3.05, 3.63) is 10.9 Å². The summed E-state index contributed by atoms with van der Waals surface area (Å²) in [6, 6.07) is -1.80. The summed E-state index contributed by atoms with van der Waals surface area (Å²) in [5, 5.41) is 15.5. The van der Waals surface area contributed by atoms with E-state index in [0.29, 0.717) is 24.8 Å². The number of aromatic nitrogens is 3. The highest BCUT2D eigenvalue weighted by molar-refractivity contribution is 6.33. The summed E-state index contributed by atoms with van der Waals surface area (Å²) >= 11 is 6.19. The quantitative estimate of drug-likeness (QED) is 0.679. The Morgan fingerprint density at radius 1 is 1.19 bits per heavy atom. The smallest absolute Gasteiger partial charge is 0.387 e. The molecule has 1 aliphatic carbocycles. The van der Waals surface area contributed by atoms with Crippen molar-refractivity contribution in [2.24, 2.45) is 0 Å². The molecular weight excluding hydrogens is 371 g/mol. The molecule has 26 heavy (non-hydrogen) atoms. The van der Waals surface area contributed by atoms with Gasteiger partial charge in [0.25, 0.3) is 0 Å². The minimum Gasteiger partial charge on any atom is -0.387 e. The van der Waals surface area contributed by atoms with E-state index in [0.717, 1.165) is 0 Å². The van der Waals surface area contributed by atoms with Gasteiger partial charge in [0.2, 0.25) is 11.9 Å². The van der Waals surface area contributed by atoms with E-state index >= 15 is 0 Å². The van der Waals surface area contributed by atoms with E-state index in [1.54, 1.807) is 0 Å². The zero-order valence-corrected chi connectivity index (χ0v) is 15.6. The Hall–Kier alpha value is -1.61. The molecule has 0 saturated heterocycles. The molecular formula is C16H23ClF3N5O. The number of rotatable bonds is 6. The Morgan fingerprint density at radius 3 is 2.35 bits per heavy atom. The van der Waals surface area contributed by atoms with Crippen molar-refractivity contribution in [3.63, 3.8) is 0 Å². The molecule has 6 nitrogen and oxygen atoms in total. The van der Waals surface area contributed by atoms with Crippen LogP contribution in [-0.4, -0.2) is 44.4 Å². The number of hydrogen-bond donors (Lipinski definition) is 3. The van der Waals surface area contributed by atoms with E-state index in [9.17, 15) is 18.3 Å². The summed E-state index contributed by atoms with van der Waals surface area (Å²) in [6.07, 6.45) is -3.65. The lowest BCUT2D eigenvalue weighted by molar-refractivity contribution is -0.143. The van der Waals surface area contributed by atoms with Crippen molar-refractivity contribution in [1.82, 2.24) is 15.0 Å². The number of nitrogens with zero attached hydrogens (tertiary/aromatic N) is 3. The lowest BCUT2D eigenvalue weighted by Crippen LogP contribution is -2.36. The molecule has 1 heterocycles. The van der Waals surface area contributed by atoms with Crippen LogP contribution in [0.2, 0.25) is 0 Å². The van der Waals surface area contributed by atoms with Gasteiger partial charge in [-0.2, -0.15) is 28.1 Å². The van der Waals surface area contributed by atoms with Gasteiger partial charge >= 0.3 is 6.18 Å². The maximum absolute atomic E-state index is 13.1. The van der Waals surface area contributed by atoms with Gasteiger partial charge < -0.3 is 15.7 Å². The van der Waals surface area contributed by atoms with Crippen LogP contribution in [0.5, 0.6) is 0 Å². The monoisotopic (exact) mass is 393 g/mol. The first-order chi connectivity index (χ1) is 12.1. The lowest BCUT2D eigenvalue weighted by atomic mass is 9.96. The van der Waals surface area contributed by atoms with Crippen molar-refractivity contribution < 1.29 is 18.3 Å². The van der Waals surface area contributed by atoms with Crippen LogP contribution in [0.4, 0.5) is 25.1 Å². The molecule has 1 aliphatic rings. The number of anilines is 2. The maximum Gasteiger partial charge on any atom is 0.408 e. The van der Waals surface area contributed by atoms with E-state index in [1.165, 1.54) is 6.92 Å². The molecule has 0 aliphatic heterocycles. The van der Waals surface area contributed by atoms with Gasteiger partial charge in [0.15, 0.2) is 5.82 Å². The standard InChI is InChI=1S/C16H23ClF3N5O/c1-4-11(16(18,19)20)22-15-24-13(23-14(25-15)21-8(2)3)9-6-5-7-10(26)12(9)17/h8,10-11,26H,4-7H2,1-3H3,(H2,21,22,23,24,25)/t10?,11-/m1/s1. The first kappa shape index (κ1) is 20.7. The summed E-state index contributed by atoms with van der Waals surface area (Å²) in [4.78, 5) is 12.4. The fourth-order valence-electron chi connectivity index (χ4n) is 2.61. The molecule has 1 aromatic rings. The first-order valence-corrected chi connectivity index (χ1v) is 8.92. The number of hydrogen-bond acceptors (Lipinski definition) is 6. The molecule has 0 amide bonds. The second-order valence-electron chi connectivity index (χ2n) is 6.49. The van der Waals surface area contributed by atoms with Crippen molar-refractivity contribution in [2.75, 3.05) is 10.6 Å². The van der Waals surface area contributed by atoms with E-state index < -0.39 is 18.3 Å². The molecule has 1 unspecified atom stereocenters. The van der Waals surface area contributed by atoms with Gasteiger partial charge in [0.05, 0.1) is 11.1 Å². The van der Waals surface area contributed by atoms with Gasteiger partial charge in [0.1, 0.15) is 6.04 Å². The number of alkyl halides is 3. The predicted octanol–water partition coefficient (Wildman–Crippen LogP) is 3.94. The van der Waals surface area contributed by atoms with Crippen molar-refractivity contribution >= 4 is 29.1 Å². The predicted molar refractivity (Wildman–Crippen MR) is 95.0 cm³/mol. The first-order valence-electron chi connectivity index (χ1n) is 8.54. The zero-order valence-electron chi connectivity index (χ0n) is 14.9. The molecule has 0 spiro atoms. The molecule has 0 aromatic carbocycles. The summed E-state index contributed by atoms with van der Waals surface area (Å²) in [6.45, 7) is 5.15. The molecule has 0 saturated carbocycles. The van der Waals surface area contributed by atoms with Crippen molar-refractivity contribution in [3.8, 4) is 0 Å². The second kappa shape index (κ2) is 8.39. The summed E-state index contributed by atoms with van der Waals surface area (Å²) in [5.41, 5.74) is 0.530. The Labute approximate surface area is 155 Å². The molecule has 3 N–H and O–H groups in total. The SMILES string of the molecule is CC[C@@H](Nc1nc(NC(C)C)nc(C2=C(Cl)C(O)CCC2)n1)C(F)(F)F. The largest absolute Gasteiger partial charge is 0.408 e. The van der Waals surface area contributed by atoms with Gasteiger partial charge in [-0.15, -0.1) is 0 Å². The van der Waals surface area contributed by atoms with Crippen molar-refractivity contribution in [2.45, 2.75) is 70.8 Å². The van der Waals surface area contributed by atoms with Crippen LogP contribution in [0.15, 0.2) is 5.03 Å². The normalized spacial score (nSPS) is 19.7. The average molecular weight is 394 g/mol. The highest BCUT2D eigenvalue weighted by Gasteiger charge is 2.39. The minimum absolute atomic E-state index is 0.0240. The average Bonchev–Trinajstić information content (AvgIpc) is 2.53. The molecule has 2 atom stereocenters. The fourth-order valence-corrected chi connectivity index (χ4v) is 2.90. The molecule has 0 fully saturated rings. The Balaban J connectivity index is 2.44. The van der Waals surface area contributed by atoms with Gasteiger partial charge in [-0.05, 0) is 39.5 Å². The van der Waals surface area contributed by atoms with E-state index in [2.05, 4.69) is 25.6 Å². The number of aliphatic hydroxyl groups is 1. The van der Waals surface area contributed by atoms with Crippen LogP contribution in [0.25, 0.3) is 5.57 Å². The Kier molecular flexibility index (Phi) is 6.68. The van der Waals surface area contributed by atoms with Crippen LogP contribution < -0.4 is 10.6 Å². The maximum atomic E-state index is 13.1.